The first kappa shape index (κ1) is 16.7. The van der Waals surface area contributed by atoms with Gasteiger partial charge in [-0.15, -0.1) is 0 Å². The fourth-order valence-corrected chi connectivity index (χ4v) is 3.44. The third-order valence-electron chi connectivity index (χ3n) is 4.55. The Balaban J connectivity index is 1.78. The molecule has 1 aromatic rings. The molecule has 6 heteroatoms. The molecule has 1 N–H and O–H groups in total. The zero-order valence-electron chi connectivity index (χ0n) is 13.5. The number of fused-ring (bicyclic) bond motifs is 1. The van der Waals surface area contributed by atoms with Crippen molar-refractivity contribution in [3.63, 3.8) is 0 Å². The standard InChI is InChI=1S/C18H19ClN2O3/c1-11-4-2-3-5-15(11)21-18(22)13(9-20)6-12-7-14(19)17-16(8-12)23-10-24-17/h6-8,11,15H,2-5,10H2,1H3,(H,21,22)/b13-6+/t11-,15-/m1/s1. The summed E-state index contributed by atoms with van der Waals surface area (Å²) >= 11 is 6.14. The van der Waals surface area contributed by atoms with Gasteiger partial charge in [-0.2, -0.15) is 5.26 Å². The molecule has 1 saturated carbocycles. The molecular weight excluding hydrogens is 328 g/mol. The lowest BCUT2D eigenvalue weighted by Crippen LogP contribution is -2.41. The lowest BCUT2D eigenvalue weighted by Gasteiger charge is -2.29. The molecule has 1 amide bonds. The van der Waals surface area contributed by atoms with Gasteiger partial charge in [0.2, 0.25) is 6.79 Å². The second-order valence-electron chi connectivity index (χ2n) is 6.25. The zero-order valence-corrected chi connectivity index (χ0v) is 14.2. The highest BCUT2D eigenvalue weighted by Crippen LogP contribution is 2.40. The van der Waals surface area contributed by atoms with E-state index >= 15 is 0 Å². The van der Waals surface area contributed by atoms with Crippen LogP contribution in [0.1, 0.15) is 38.2 Å². The molecule has 0 saturated heterocycles. The largest absolute Gasteiger partial charge is 0.454 e. The lowest BCUT2D eigenvalue weighted by atomic mass is 9.86. The molecule has 0 radical (unpaired) electrons. The van der Waals surface area contributed by atoms with Crippen LogP contribution in [-0.4, -0.2) is 18.7 Å². The van der Waals surface area contributed by atoms with Crippen LogP contribution in [0.25, 0.3) is 6.08 Å². The maximum Gasteiger partial charge on any atom is 0.262 e. The molecule has 0 unspecified atom stereocenters. The van der Waals surface area contributed by atoms with Crippen molar-refractivity contribution in [2.45, 2.75) is 38.6 Å². The number of ether oxygens (including phenoxy) is 2. The van der Waals surface area contributed by atoms with E-state index in [1.54, 1.807) is 12.1 Å². The molecule has 2 aliphatic rings. The molecule has 5 nitrogen and oxygen atoms in total. The Kier molecular flexibility index (Phi) is 4.96. The van der Waals surface area contributed by atoms with E-state index in [0.717, 1.165) is 19.3 Å². The van der Waals surface area contributed by atoms with Crippen LogP contribution in [0.4, 0.5) is 0 Å². The topological polar surface area (TPSA) is 71.4 Å². The summed E-state index contributed by atoms with van der Waals surface area (Å²) in [6, 6.07) is 5.47. The summed E-state index contributed by atoms with van der Waals surface area (Å²) in [4.78, 5) is 12.4. The SMILES string of the molecule is C[C@@H]1CCCC[C@H]1NC(=O)/C(C#N)=C/c1cc(Cl)c2c(c1)OCO2. The van der Waals surface area contributed by atoms with Crippen molar-refractivity contribution < 1.29 is 14.3 Å². The third kappa shape index (κ3) is 3.49. The third-order valence-corrected chi connectivity index (χ3v) is 4.83. The molecular formula is C18H19ClN2O3. The van der Waals surface area contributed by atoms with Crippen molar-refractivity contribution in [2.75, 3.05) is 6.79 Å². The van der Waals surface area contributed by atoms with Crippen molar-refractivity contribution in [1.82, 2.24) is 5.32 Å². The zero-order chi connectivity index (χ0) is 17.1. The average molecular weight is 347 g/mol. The maximum absolute atomic E-state index is 12.4. The molecule has 126 valence electrons. The van der Waals surface area contributed by atoms with Crippen LogP contribution in [0.2, 0.25) is 5.02 Å². The van der Waals surface area contributed by atoms with E-state index < -0.39 is 0 Å². The van der Waals surface area contributed by atoms with E-state index in [2.05, 4.69) is 12.2 Å². The van der Waals surface area contributed by atoms with E-state index in [-0.39, 0.29) is 24.3 Å². The van der Waals surface area contributed by atoms with Gasteiger partial charge in [-0.25, -0.2) is 0 Å². The first-order chi connectivity index (χ1) is 11.6. The molecule has 1 heterocycles. The molecule has 24 heavy (non-hydrogen) atoms. The first-order valence-corrected chi connectivity index (χ1v) is 8.48. The number of carbonyl (C=O) groups excluding carboxylic acids is 1. The molecule has 1 fully saturated rings. The van der Waals surface area contributed by atoms with Crippen molar-refractivity contribution >= 4 is 23.6 Å². The number of hydrogen-bond donors (Lipinski definition) is 1. The minimum atomic E-state index is -0.343. The molecule has 1 aliphatic heterocycles. The summed E-state index contributed by atoms with van der Waals surface area (Å²) in [6.07, 6.45) is 5.90. The molecule has 0 bridgehead atoms. The van der Waals surface area contributed by atoms with Crippen LogP contribution in [0.3, 0.4) is 0 Å². The highest BCUT2D eigenvalue weighted by atomic mass is 35.5. The second kappa shape index (κ2) is 7.14. The summed E-state index contributed by atoms with van der Waals surface area (Å²) < 4.78 is 10.6. The summed E-state index contributed by atoms with van der Waals surface area (Å²) in [6.45, 7) is 2.25. The Morgan fingerprint density at radius 2 is 2.17 bits per heavy atom. The van der Waals surface area contributed by atoms with Crippen molar-refractivity contribution in [1.29, 1.82) is 5.26 Å². The molecule has 1 aromatic carbocycles. The highest BCUT2D eigenvalue weighted by Gasteiger charge is 2.24. The van der Waals surface area contributed by atoms with Crippen molar-refractivity contribution in [3.8, 4) is 17.6 Å². The van der Waals surface area contributed by atoms with Crippen molar-refractivity contribution in [2.24, 2.45) is 5.92 Å². The first-order valence-electron chi connectivity index (χ1n) is 8.10. The number of nitriles is 1. The fraction of sp³-hybridized carbons (Fsp3) is 0.444. The van der Waals surface area contributed by atoms with E-state index in [0.29, 0.717) is 28.0 Å². The average Bonchev–Trinajstić information content (AvgIpc) is 3.03. The van der Waals surface area contributed by atoms with Gasteiger partial charge in [-0.1, -0.05) is 31.4 Å². The van der Waals surface area contributed by atoms with Gasteiger partial charge in [0, 0.05) is 6.04 Å². The molecule has 0 spiro atoms. The van der Waals surface area contributed by atoms with Gasteiger partial charge in [0.05, 0.1) is 5.02 Å². The quantitative estimate of drug-likeness (QED) is 0.669. The highest BCUT2D eigenvalue weighted by molar-refractivity contribution is 6.32. The number of rotatable bonds is 3. The normalized spacial score (nSPS) is 22.8. The number of amides is 1. The van der Waals surface area contributed by atoms with Crippen LogP contribution in [0.15, 0.2) is 17.7 Å². The summed E-state index contributed by atoms with van der Waals surface area (Å²) in [5.41, 5.74) is 0.690. The Labute approximate surface area is 146 Å². The minimum absolute atomic E-state index is 0.0581. The number of nitrogens with one attached hydrogen (secondary N) is 1. The Bertz CT molecular complexity index is 724. The molecule has 1 aliphatic carbocycles. The summed E-state index contributed by atoms with van der Waals surface area (Å²) in [5, 5.41) is 12.7. The Hall–Kier alpha value is -2.19. The summed E-state index contributed by atoms with van der Waals surface area (Å²) in [5.74, 6) is 1.10. The minimum Gasteiger partial charge on any atom is -0.454 e. The Morgan fingerprint density at radius 3 is 2.92 bits per heavy atom. The second-order valence-corrected chi connectivity index (χ2v) is 6.66. The fourth-order valence-electron chi connectivity index (χ4n) is 3.16. The summed E-state index contributed by atoms with van der Waals surface area (Å²) in [7, 11) is 0. The lowest BCUT2D eigenvalue weighted by molar-refractivity contribution is -0.118. The van der Waals surface area contributed by atoms with Gasteiger partial charge in [0.1, 0.15) is 11.6 Å². The van der Waals surface area contributed by atoms with E-state index in [1.807, 2.05) is 6.07 Å². The monoisotopic (exact) mass is 346 g/mol. The van der Waals surface area contributed by atoms with Crippen LogP contribution in [-0.2, 0) is 4.79 Å². The molecule has 3 rings (SSSR count). The molecule has 2 atom stereocenters. The van der Waals surface area contributed by atoms with E-state index in [9.17, 15) is 10.1 Å². The van der Waals surface area contributed by atoms with E-state index in [4.69, 9.17) is 21.1 Å². The van der Waals surface area contributed by atoms with Gasteiger partial charge < -0.3 is 14.8 Å². The van der Waals surface area contributed by atoms with Crippen LogP contribution >= 0.6 is 11.6 Å². The van der Waals surface area contributed by atoms with Gasteiger partial charge in [-0.05, 0) is 42.5 Å². The van der Waals surface area contributed by atoms with Crippen molar-refractivity contribution in [3.05, 3.63) is 28.3 Å². The predicted molar refractivity (Wildman–Crippen MR) is 90.7 cm³/mol. The van der Waals surface area contributed by atoms with Gasteiger partial charge in [0.25, 0.3) is 5.91 Å². The van der Waals surface area contributed by atoms with Gasteiger partial charge in [0.15, 0.2) is 11.5 Å². The van der Waals surface area contributed by atoms with Gasteiger partial charge >= 0.3 is 0 Å². The number of carbonyl (C=O) groups is 1. The number of nitrogens with zero attached hydrogens (tertiary/aromatic N) is 1. The van der Waals surface area contributed by atoms with Crippen LogP contribution in [0, 0.1) is 17.2 Å². The predicted octanol–water partition coefficient (Wildman–Crippen LogP) is 3.67. The molecule has 0 aromatic heterocycles. The number of halogens is 1. The van der Waals surface area contributed by atoms with Crippen LogP contribution in [0.5, 0.6) is 11.5 Å². The smallest absolute Gasteiger partial charge is 0.262 e. The number of hydrogen-bond acceptors (Lipinski definition) is 4. The van der Waals surface area contributed by atoms with Crippen LogP contribution < -0.4 is 14.8 Å². The van der Waals surface area contributed by atoms with Gasteiger partial charge in [-0.3, -0.25) is 4.79 Å². The maximum atomic E-state index is 12.4. The van der Waals surface area contributed by atoms with E-state index in [1.165, 1.54) is 12.5 Å². The number of benzene rings is 1. The Morgan fingerprint density at radius 1 is 1.38 bits per heavy atom.